The van der Waals surface area contributed by atoms with Crippen molar-refractivity contribution >= 4 is 22.1 Å². The zero-order chi connectivity index (χ0) is 31.4. The fourth-order valence-electron chi connectivity index (χ4n) is 5.68. The minimum absolute atomic E-state index is 0.0493. The third-order valence-corrected chi connectivity index (χ3v) is 9.65. The van der Waals surface area contributed by atoms with Gasteiger partial charge < -0.3 is 20.3 Å². The van der Waals surface area contributed by atoms with Crippen LogP contribution >= 0.6 is 0 Å². The maximum absolute atomic E-state index is 14.2. The van der Waals surface area contributed by atoms with Crippen LogP contribution in [0.1, 0.15) is 37.0 Å². The number of halogens is 1. The first kappa shape index (κ1) is 32.3. The number of benzene rings is 3. The number of aliphatic hydroxyl groups is 1. The quantitative estimate of drug-likeness (QED) is 0.239. The normalized spacial score (nSPS) is 14.8. The van der Waals surface area contributed by atoms with Crippen molar-refractivity contribution in [2.45, 2.75) is 49.6 Å². The Morgan fingerprint density at radius 2 is 1.74 bits per heavy atom. The molecule has 230 valence electrons. The van der Waals surface area contributed by atoms with Crippen LogP contribution in [0.2, 0.25) is 0 Å². The molecule has 0 bridgehead atoms. The average Bonchev–Trinajstić information content (AvgIpc) is 3.37. The van der Waals surface area contributed by atoms with Crippen LogP contribution in [0.25, 0.3) is 17.2 Å². The topological polar surface area (TPSA) is 116 Å². The lowest BCUT2D eigenvalue weighted by Gasteiger charge is -2.31. The summed E-state index contributed by atoms with van der Waals surface area (Å²) in [4.78, 5) is 10.8. The molecule has 0 aromatic heterocycles. The van der Waals surface area contributed by atoms with Crippen LogP contribution in [0.4, 0.5) is 4.39 Å². The molecule has 0 unspecified atom stereocenters. The highest BCUT2D eigenvalue weighted by atomic mass is 32.2. The minimum Gasteiger partial charge on any atom is -0.495 e. The molecule has 3 N–H and O–H groups in total. The molecule has 0 amide bonds. The summed E-state index contributed by atoms with van der Waals surface area (Å²) in [5.74, 6) is -1.20. The van der Waals surface area contributed by atoms with E-state index in [9.17, 15) is 22.7 Å². The number of methoxy groups -OCH3 is 1. The number of carboxylic acid groups (broad SMARTS) is 1. The Labute approximate surface area is 252 Å². The predicted octanol–water partition coefficient (Wildman–Crippen LogP) is 4.75. The predicted molar refractivity (Wildman–Crippen MR) is 165 cm³/mol. The van der Waals surface area contributed by atoms with Gasteiger partial charge in [-0.1, -0.05) is 36.4 Å². The van der Waals surface area contributed by atoms with Crippen molar-refractivity contribution in [1.82, 2.24) is 9.62 Å². The Morgan fingerprint density at radius 1 is 1.12 bits per heavy atom. The third-order valence-electron chi connectivity index (χ3n) is 7.81. The lowest BCUT2D eigenvalue weighted by atomic mass is 9.88. The molecule has 0 spiro atoms. The number of carboxylic acids is 1. The van der Waals surface area contributed by atoms with Crippen molar-refractivity contribution in [3.63, 3.8) is 0 Å². The van der Waals surface area contributed by atoms with Gasteiger partial charge >= 0.3 is 5.97 Å². The van der Waals surface area contributed by atoms with Gasteiger partial charge in [0.05, 0.1) is 13.2 Å². The van der Waals surface area contributed by atoms with Gasteiger partial charge in [-0.3, -0.25) is 0 Å². The third kappa shape index (κ3) is 8.08. The maximum Gasteiger partial charge on any atom is 0.328 e. The molecule has 0 saturated carbocycles. The number of aliphatic hydroxyl groups excluding tert-OH is 1. The molecule has 8 nitrogen and oxygen atoms in total. The molecular formula is C33H39FN2O6S. The van der Waals surface area contributed by atoms with Gasteiger partial charge in [-0.25, -0.2) is 17.6 Å². The monoisotopic (exact) mass is 610 g/mol. The van der Waals surface area contributed by atoms with Crippen molar-refractivity contribution in [1.29, 1.82) is 0 Å². The maximum atomic E-state index is 14.2. The summed E-state index contributed by atoms with van der Waals surface area (Å²) in [6.45, 7) is 4.26. The molecule has 0 radical (unpaired) electrons. The van der Waals surface area contributed by atoms with Gasteiger partial charge in [-0.05, 0) is 91.6 Å². The van der Waals surface area contributed by atoms with Crippen LogP contribution in [-0.2, 0) is 27.7 Å². The van der Waals surface area contributed by atoms with Crippen LogP contribution in [0.3, 0.4) is 0 Å². The van der Waals surface area contributed by atoms with Gasteiger partial charge in [-0.15, -0.1) is 0 Å². The van der Waals surface area contributed by atoms with E-state index in [1.165, 1.54) is 55.6 Å². The zero-order valence-corrected chi connectivity index (χ0v) is 25.7. The van der Waals surface area contributed by atoms with Gasteiger partial charge in [-0.2, -0.15) is 4.31 Å². The fraction of sp³-hybridized carbons (Fsp3) is 0.364. The van der Waals surface area contributed by atoms with Gasteiger partial charge in [0.1, 0.15) is 16.5 Å². The van der Waals surface area contributed by atoms with Crippen LogP contribution in [0.15, 0.2) is 71.6 Å². The number of fused-ring (bicyclic) bond motifs is 1. The zero-order valence-electron chi connectivity index (χ0n) is 24.9. The molecule has 3 aromatic rings. The summed E-state index contributed by atoms with van der Waals surface area (Å²) < 4.78 is 48.0. The van der Waals surface area contributed by atoms with Crippen molar-refractivity contribution in [2.75, 3.05) is 27.2 Å². The number of aliphatic carboxylic acids is 1. The Hall–Kier alpha value is -3.57. The van der Waals surface area contributed by atoms with Crippen LogP contribution in [-0.4, -0.2) is 67.8 Å². The Bertz CT molecular complexity index is 1580. The summed E-state index contributed by atoms with van der Waals surface area (Å²) in [7, 11) is -1.33. The Morgan fingerprint density at radius 3 is 2.37 bits per heavy atom. The summed E-state index contributed by atoms with van der Waals surface area (Å²) in [5.41, 5.74) is 3.54. The van der Waals surface area contributed by atoms with Gasteiger partial charge in [0.2, 0.25) is 10.0 Å². The number of rotatable bonds is 13. The number of β-amino-alcohol motifs (C(OH)–C–C–N with tert-alkyl or cyclic N) is 1. The molecule has 0 heterocycles. The number of carbonyl (C=O) groups is 1. The second-order valence-electron chi connectivity index (χ2n) is 11.7. The van der Waals surface area contributed by atoms with E-state index in [1.807, 2.05) is 0 Å². The smallest absolute Gasteiger partial charge is 0.328 e. The van der Waals surface area contributed by atoms with Crippen LogP contribution in [0.5, 0.6) is 5.75 Å². The molecule has 4 rings (SSSR count). The second kappa shape index (κ2) is 13.4. The van der Waals surface area contributed by atoms with E-state index in [0.29, 0.717) is 17.0 Å². The molecule has 10 heteroatoms. The van der Waals surface area contributed by atoms with Crippen LogP contribution < -0.4 is 10.1 Å². The number of nitrogens with zero attached hydrogens (tertiary/aromatic N) is 1. The average molecular weight is 611 g/mol. The molecule has 3 aromatic carbocycles. The van der Waals surface area contributed by atoms with Crippen molar-refractivity contribution in [3.05, 3.63) is 89.2 Å². The standard InChI is InChI=1S/C33H39FN2O6S/c1-33(2,19-22-15-23-7-5-6-8-24(23)16-22)35-20-28(37)21-36(3)43(40,41)31-18-26(10-13-30(31)42-4)25-9-12-29(34)27(17-25)11-14-32(38)39/h5-14,17-18,22,28,35,37H,15-16,19-21H2,1-4H3,(H,38,39)/t28-/m1/s1. The van der Waals surface area contributed by atoms with E-state index in [4.69, 9.17) is 9.84 Å². The van der Waals surface area contributed by atoms with Gasteiger partial charge in [0, 0.05) is 37.3 Å². The fourth-order valence-corrected chi connectivity index (χ4v) is 7.07. The second-order valence-corrected chi connectivity index (χ2v) is 13.7. The largest absolute Gasteiger partial charge is 0.495 e. The molecular weight excluding hydrogens is 571 g/mol. The first-order chi connectivity index (χ1) is 20.3. The first-order valence-electron chi connectivity index (χ1n) is 14.1. The molecule has 1 aliphatic rings. The van der Waals surface area contributed by atoms with E-state index in [1.54, 1.807) is 6.07 Å². The lowest BCUT2D eigenvalue weighted by Crippen LogP contribution is -2.47. The molecule has 0 fully saturated rings. The minimum atomic E-state index is -4.10. The van der Waals surface area contributed by atoms with Gasteiger partial charge in [0.15, 0.2) is 0 Å². The lowest BCUT2D eigenvalue weighted by molar-refractivity contribution is -0.131. The van der Waals surface area contributed by atoms with E-state index in [-0.39, 0.29) is 34.8 Å². The number of hydrogen-bond donors (Lipinski definition) is 3. The molecule has 43 heavy (non-hydrogen) atoms. The SMILES string of the molecule is COc1ccc(-c2ccc(F)c(C=CC(=O)O)c2)cc1S(=O)(=O)N(C)C[C@H](O)CNC(C)(C)CC1Cc2ccccc2C1. The number of hydrogen-bond acceptors (Lipinski definition) is 6. The number of nitrogens with one attached hydrogen (secondary N) is 1. The summed E-state index contributed by atoms with van der Waals surface area (Å²) in [6.07, 6.45) is 3.99. The van der Waals surface area contributed by atoms with Crippen molar-refractivity contribution < 1.29 is 32.6 Å². The summed E-state index contributed by atoms with van der Waals surface area (Å²) in [5, 5.41) is 23.1. The van der Waals surface area contributed by atoms with Crippen molar-refractivity contribution in [2.24, 2.45) is 5.92 Å². The number of likely N-dealkylation sites (N-methyl/N-ethyl adjacent to an activating group) is 1. The first-order valence-corrected chi connectivity index (χ1v) is 15.6. The van der Waals surface area contributed by atoms with E-state index in [2.05, 4.69) is 43.4 Å². The highest BCUT2D eigenvalue weighted by Crippen LogP contribution is 2.33. The van der Waals surface area contributed by atoms with Crippen LogP contribution in [0, 0.1) is 11.7 Å². The summed E-state index contributed by atoms with van der Waals surface area (Å²) >= 11 is 0. The van der Waals surface area contributed by atoms with Crippen molar-refractivity contribution in [3.8, 4) is 16.9 Å². The summed E-state index contributed by atoms with van der Waals surface area (Å²) in [6, 6.07) is 17.2. The number of ether oxygens (including phenoxy) is 1. The van der Waals surface area contributed by atoms with E-state index in [0.717, 1.165) is 35.7 Å². The Kier molecular flexibility index (Phi) is 10.1. The Balaban J connectivity index is 1.43. The molecule has 0 aliphatic heterocycles. The highest BCUT2D eigenvalue weighted by Gasteiger charge is 2.30. The number of sulfonamides is 1. The highest BCUT2D eigenvalue weighted by molar-refractivity contribution is 7.89. The van der Waals surface area contributed by atoms with E-state index >= 15 is 0 Å². The molecule has 0 saturated heterocycles. The molecule has 1 aliphatic carbocycles. The van der Waals surface area contributed by atoms with Gasteiger partial charge in [0.25, 0.3) is 0 Å². The van der Waals surface area contributed by atoms with E-state index < -0.39 is 27.9 Å². The molecule has 1 atom stereocenters.